The first-order chi connectivity index (χ1) is 6.18. The second-order valence-electron chi connectivity index (χ2n) is 3.82. The van der Waals surface area contributed by atoms with Gasteiger partial charge in [0.05, 0.1) is 6.54 Å². The van der Waals surface area contributed by atoms with Crippen molar-refractivity contribution in [2.45, 2.75) is 33.4 Å². The molecule has 4 nitrogen and oxygen atoms in total. The maximum absolute atomic E-state index is 4.05. The van der Waals surface area contributed by atoms with Gasteiger partial charge in [0.1, 0.15) is 12.7 Å². The Balaban J connectivity index is 2.22. The molecule has 0 fully saturated rings. The van der Waals surface area contributed by atoms with E-state index in [1.807, 2.05) is 4.68 Å². The molecular weight excluding hydrogens is 164 g/mol. The van der Waals surface area contributed by atoms with Gasteiger partial charge in [0.2, 0.25) is 0 Å². The molecule has 0 aliphatic heterocycles. The second kappa shape index (κ2) is 4.97. The minimum Gasteiger partial charge on any atom is -0.312 e. The standard InChI is InChI=1S/C9H18N4/c1-8(2)4-11-9(3)5-13-7-10-6-12-13/h6-9,11H,4-5H2,1-3H3. The Bertz CT molecular complexity index is 218. The van der Waals surface area contributed by atoms with Gasteiger partial charge in [0.15, 0.2) is 0 Å². The van der Waals surface area contributed by atoms with Crippen LogP contribution in [0.5, 0.6) is 0 Å². The van der Waals surface area contributed by atoms with Crippen molar-refractivity contribution < 1.29 is 0 Å². The molecule has 1 atom stereocenters. The van der Waals surface area contributed by atoms with E-state index in [4.69, 9.17) is 0 Å². The normalized spacial score (nSPS) is 13.5. The molecule has 0 bridgehead atoms. The van der Waals surface area contributed by atoms with Crippen molar-refractivity contribution in [3.8, 4) is 0 Å². The third kappa shape index (κ3) is 4.03. The number of hydrogen-bond acceptors (Lipinski definition) is 3. The predicted molar refractivity (Wildman–Crippen MR) is 52.3 cm³/mol. The first kappa shape index (κ1) is 10.2. The van der Waals surface area contributed by atoms with E-state index in [2.05, 4.69) is 36.2 Å². The fraction of sp³-hybridized carbons (Fsp3) is 0.778. The molecule has 0 amide bonds. The summed E-state index contributed by atoms with van der Waals surface area (Å²) in [6.07, 6.45) is 3.31. The molecule has 0 aliphatic rings. The minimum atomic E-state index is 0.448. The lowest BCUT2D eigenvalue weighted by atomic mass is 10.2. The van der Waals surface area contributed by atoms with Gasteiger partial charge >= 0.3 is 0 Å². The molecule has 0 aromatic carbocycles. The molecule has 74 valence electrons. The number of nitrogens with zero attached hydrogens (tertiary/aromatic N) is 3. The van der Waals surface area contributed by atoms with Gasteiger partial charge in [-0.1, -0.05) is 13.8 Å². The smallest absolute Gasteiger partial charge is 0.137 e. The van der Waals surface area contributed by atoms with Crippen molar-refractivity contribution in [2.75, 3.05) is 6.54 Å². The summed E-state index contributed by atoms with van der Waals surface area (Å²) in [5, 5.41) is 7.48. The van der Waals surface area contributed by atoms with Gasteiger partial charge in [-0.2, -0.15) is 5.10 Å². The van der Waals surface area contributed by atoms with Gasteiger partial charge in [-0.3, -0.25) is 4.68 Å². The molecule has 1 N–H and O–H groups in total. The van der Waals surface area contributed by atoms with Crippen LogP contribution in [-0.4, -0.2) is 27.4 Å². The molecule has 0 aliphatic carbocycles. The van der Waals surface area contributed by atoms with Crippen LogP contribution in [0.25, 0.3) is 0 Å². The third-order valence-corrected chi connectivity index (χ3v) is 1.80. The average molecular weight is 182 g/mol. The van der Waals surface area contributed by atoms with Gasteiger partial charge in [-0.25, -0.2) is 4.98 Å². The van der Waals surface area contributed by atoms with Gasteiger partial charge in [0, 0.05) is 6.04 Å². The minimum absolute atomic E-state index is 0.448. The summed E-state index contributed by atoms with van der Waals surface area (Å²) < 4.78 is 1.85. The Kier molecular flexibility index (Phi) is 3.89. The molecule has 0 radical (unpaired) electrons. The fourth-order valence-corrected chi connectivity index (χ4v) is 1.11. The molecule has 1 rings (SSSR count). The predicted octanol–water partition coefficient (Wildman–Crippen LogP) is 0.912. The van der Waals surface area contributed by atoms with Crippen LogP contribution in [0, 0.1) is 5.92 Å². The van der Waals surface area contributed by atoms with E-state index in [9.17, 15) is 0 Å². The van der Waals surface area contributed by atoms with Crippen LogP contribution in [-0.2, 0) is 6.54 Å². The van der Waals surface area contributed by atoms with Crippen LogP contribution in [0.1, 0.15) is 20.8 Å². The monoisotopic (exact) mass is 182 g/mol. The first-order valence-electron chi connectivity index (χ1n) is 4.74. The van der Waals surface area contributed by atoms with Crippen LogP contribution < -0.4 is 5.32 Å². The molecule has 4 heteroatoms. The maximum atomic E-state index is 4.05. The van der Waals surface area contributed by atoms with Gasteiger partial charge in [-0.05, 0) is 19.4 Å². The molecule has 0 saturated heterocycles. The Morgan fingerprint density at radius 2 is 2.15 bits per heavy atom. The largest absolute Gasteiger partial charge is 0.312 e. The Hall–Kier alpha value is -0.900. The number of nitrogens with one attached hydrogen (secondary N) is 1. The van der Waals surface area contributed by atoms with E-state index in [0.29, 0.717) is 12.0 Å². The fourth-order valence-electron chi connectivity index (χ4n) is 1.11. The quantitative estimate of drug-likeness (QED) is 0.736. The number of aromatic nitrogens is 3. The van der Waals surface area contributed by atoms with Crippen LogP contribution in [0.15, 0.2) is 12.7 Å². The zero-order chi connectivity index (χ0) is 9.68. The summed E-state index contributed by atoms with van der Waals surface area (Å²) in [5.41, 5.74) is 0. The van der Waals surface area contributed by atoms with E-state index < -0.39 is 0 Å². The van der Waals surface area contributed by atoms with Gasteiger partial charge < -0.3 is 5.32 Å². The lowest BCUT2D eigenvalue weighted by Crippen LogP contribution is -2.33. The highest BCUT2D eigenvalue weighted by Crippen LogP contribution is 1.92. The van der Waals surface area contributed by atoms with Crippen LogP contribution in [0.4, 0.5) is 0 Å². The third-order valence-electron chi connectivity index (χ3n) is 1.80. The van der Waals surface area contributed by atoms with Crippen LogP contribution in [0.3, 0.4) is 0 Å². The molecule has 1 aromatic rings. The molecule has 13 heavy (non-hydrogen) atoms. The van der Waals surface area contributed by atoms with Crippen molar-refractivity contribution in [2.24, 2.45) is 5.92 Å². The van der Waals surface area contributed by atoms with Crippen LogP contribution >= 0.6 is 0 Å². The highest BCUT2D eigenvalue weighted by atomic mass is 15.3. The van der Waals surface area contributed by atoms with E-state index in [1.54, 1.807) is 12.7 Å². The van der Waals surface area contributed by atoms with Gasteiger partial charge in [0.25, 0.3) is 0 Å². The number of rotatable bonds is 5. The Morgan fingerprint density at radius 1 is 1.38 bits per heavy atom. The molecule has 0 spiro atoms. The van der Waals surface area contributed by atoms with Crippen molar-refractivity contribution in [3.63, 3.8) is 0 Å². The molecule has 0 saturated carbocycles. The van der Waals surface area contributed by atoms with Crippen molar-refractivity contribution in [1.82, 2.24) is 20.1 Å². The lowest BCUT2D eigenvalue weighted by Gasteiger charge is -2.14. The molecule has 1 aromatic heterocycles. The highest BCUT2D eigenvalue weighted by molar-refractivity contribution is 4.64. The molecular formula is C9H18N4. The molecule has 1 heterocycles. The van der Waals surface area contributed by atoms with Crippen LogP contribution in [0.2, 0.25) is 0 Å². The zero-order valence-corrected chi connectivity index (χ0v) is 8.57. The summed E-state index contributed by atoms with van der Waals surface area (Å²) in [6.45, 7) is 8.50. The van der Waals surface area contributed by atoms with E-state index in [-0.39, 0.29) is 0 Å². The summed E-state index contributed by atoms with van der Waals surface area (Å²) in [6, 6.07) is 0.448. The Labute approximate surface area is 79.4 Å². The summed E-state index contributed by atoms with van der Waals surface area (Å²) in [5.74, 6) is 0.693. The lowest BCUT2D eigenvalue weighted by molar-refractivity contribution is 0.423. The summed E-state index contributed by atoms with van der Waals surface area (Å²) in [7, 11) is 0. The Morgan fingerprint density at radius 3 is 2.69 bits per heavy atom. The van der Waals surface area contributed by atoms with E-state index in [1.165, 1.54) is 0 Å². The molecule has 1 unspecified atom stereocenters. The first-order valence-corrected chi connectivity index (χ1v) is 4.74. The number of hydrogen-bond donors (Lipinski definition) is 1. The second-order valence-corrected chi connectivity index (χ2v) is 3.82. The van der Waals surface area contributed by atoms with Crippen molar-refractivity contribution >= 4 is 0 Å². The van der Waals surface area contributed by atoms with Crippen molar-refractivity contribution in [3.05, 3.63) is 12.7 Å². The van der Waals surface area contributed by atoms with E-state index >= 15 is 0 Å². The summed E-state index contributed by atoms with van der Waals surface area (Å²) >= 11 is 0. The highest BCUT2D eigenvalue weighted by Gasteiger charge is 2.03. The topological polar surface area (TPSA) is 42.7 Å². The van der Waals surface area contributed by atoms with Gasteiger partial charge in [-0.15, -0.1) is 0 Å². The average Bonchev–Trinajstić information content (AvgIpc) is 2.53. The SMILES string of the molecule is CC(C)CNC(C)Cn1cncn1. The summed E-state index contributed by atoms with van der Waals surface area (Å²) in [4.78, 5) is 3.89. The van der Waals surface area contributed by atoms with E-state index in [0.717, 1.165) is 13.1 Å². The zero-order valence-electron chi connectivity index (χ0n) is 8.57. The van der Waals surface area contributed by atoms with Crippen molar-refractivity contribution in [1.29, 1.82) is 0 Å². The maximum Gasteiger partial charge on any atom is 0.137 e.